The Bertz CT molecular complexity index is 4040. The Balaban J connectivity index is 0.777. The van der Waals surface area contributed by atoms with E-state index in [1.54, 1.807) is 36.1 Å². The van der Waals surface area contributed by atoms with Crippen molar-refractivity contribution in [2.24, 2.45) is 0 Å². The number of aromatic nitrogens is 5. The van der Waals surface area contributed by atoms with Crippen LogP contribution in [0.3, 0.4) is 0 Å². The van der Waals surface area contributed by atoms with Gasteiger partial charge in [-0.1, -0.05) is 25.5 Å². The number of pyridine rings is 3. The molecule has 2 unspecified atom stereocenters. The van der Waals surface area contributed by atoms with Gasteiger partial charge in [0, 0.05) is 71.8 Å². The number of piperazine rings is 1. The van der Waals surface area contributed by atoms with Gasteiger partial charge in [-0.3, -0.25) is 24.3 Å². The number of phenols is 1. The molecule has 4 saturated heterocycles. The van der Waals surface area contributed by atoms with Crippen molar-refractivity contribution in [2.75, 3.05) is 50.9 Å². The van der Waals surface area contributed by atoms with Gasteiger partial charge in [-0.15, -0.1) is 6.42 Å². The number of aliphatic hydroxyl groups is 2. The predicted molar refractivity (Wildman–Crippen MR) is 292 cm³/mol. The number of carbonyl (C=O) groups excluding carboxylic acids is 3. The van der Waals surface area contributed by atoms with E-state index in [4.69, 9.17) is 30.6 Å². The molecule has 4 fully saturated rings. The summed E-state index contributed by atoms with van der Waals surface area (Å²) in [6.07, 6.45) is 9.24. The lowest BCUT2D eigenvalue weighted by Crippen LogP contribution is -2.56. The molecule has 7 aromatic rings. The van der Waals surface area contributed by atoms with Crippen molar-refractivity contribution in [1.82, 2.24) is 39.6 Å². The summed E-state index contributed by atoms with van der Waals surface area (Å²) in [4.78, 5) is 78.5. The summed E-state index contributed by atoms with van der Waals surface area (Å²) in [6, 6.07) is 11.1. The number of benzene rings is 3. The van der Waals surface area contributed by atoms with E-state index in [0.717, 1.165) is 13.0 Å². The third-order valence-electron chi connectivity index (χ3n) is 17.4. The average Bonchev–Trinajstić information content (AvgIpc) is 3.24. The maximum absolute atomic E-state index is 17.4. The van der Waals surface area contributed by atoms with Crippen LogP contribution in [0.2, 0.25) is 0 Å². The molecule has 0 radical (unpaired) electrons. The normalized spacial score (nSPS) is 22.5. The Labute approximate surface area is 466 Å². The summed E-state index contributed by atoms with van der Waals surface area (Å²) in [5.41, 5.74) is -0.684. The number of hydrogen-bond acceptors (Lipinski definition) is 16. The van der Waals surface area contributed by atoms with Gasteiger partial charge in [0.05, 0.1) is 57.6 Å². The molecule has 2 bridgehead atoms. The number of terminal acetylenes is 1. The van der Waals surface area contributed by atoms with Crippen LogP contribution in [-0.4, -0.2) is 137 Å². The van der Waals surface area contributed by atoms with Gasteiger partial charge in [0.15, 0.2) is 11.4 Å². The highest BCUT2D eigenvalue weighted by Crippen LogP contribution is 2.45. The van der Waals surface area contributed by atoms with Gasteiger partial charge in [0.25, 0.3) is 11.5 Å². The molecule has 3 aromatic carbocycles. The van der Waals surface area contributed by atoms with Gasteiger partial charge in [-0.25, -0.2) is 22.9 Å². The van der Waals surface area contributed by atoms with Crippen LogP contribution >= 0.6 is 0 Å². The van der Waals surface area contributed by atoms with E-state index < -0.39 is 53.0 Å². The topological polar surface area (TPSA) is 235 Å². The molecule has 13 rings (SSSR count). The second-order valence-corrected chi connectivity index (χ2v) is 22.1. The summed E-state index contributed by atoms with van der Waals surface area (Å²) < 4.78 is 66.9. The van der Waals surface area contributed by atoms with E-state index in [9.17, 15) is 38.9 Å². The van der Waals surface area contributed by atoms with Gasteiger partial charge in [0.2, 0.25) is 5.91 Å². The van der Waals surface area contributed by atoms with Crippen LogP contribution in [0.4, 0.5) is 19.0 Å². The van der Waals surface area contributed by atoms with E-state index in [-0.39, 0.29) is 145 Å². The second-order valence-electron chi connectivity index (χ2n) is 22.1. The zero-order valence-electron chi connectivity index (χ0n) is 44.4. The SMILES string of the molecule is C#Cc1c(F)ccc2cc(O)cc(-c3ncc4c(N5CC6CCC(C5)N6C(=O)C(=C)COc5ccc6nc7c(c(CNC(=O)CO)c6c5)Cn5c-7cc6c(c5=O)COC(=O)[C@]6(O)CC)nc(OC[C@@]56CCCN5C[C@H](F)C6)nc4c3F)c12. The number of aliphatic hydroxyl groups excluding tert-OH is 1. The summed E-state index contributed by atoms with van der Waals surface area (Å²) in [6.45, 7) is 6.09. The number of esters is 1. The first kappa shape index (κ1) is 52.7. The summed E-state index contributed by atoms with van der Waals surface area (Å²) in [7, 11) is 0. The average molecular weight is 1120 g/mol. The Kier molecular flexibility index (Phi) is 12.7. The van der Waals surface area contributed by atoms with Crippen molar-refractivity contribution >= 4 is 56.2 Å². The summed E-state index contributed by atoms with van der Waals surface area (Å²) >= 11 is 0. The van der Waals surface area contributed by atoms with Crippen LogP contribution in [0.25, 0.3) is 55.2 Å². The first-order chi connectivity index (χ1) is 39.5. The number of anilines is 1. The number of ether oxygens (including phenoxy) is 3. The maximum Gasteiger partial charge on any atom is 0.343 e. The minimum atomic E-state index is -2.03. The Hall–Kier alpha value is -8.65. The fourth-order valence-corrected chi connectivity index (χ4v) is 13.4. The van der Waals surface area contributed by atoms with Crippen LogP contribution < -0.4 is 25.2 Å². The van der Waals surface area contributed by atoms with Gasteiger partial charge < -0.3 is 49.2 Å². The smallest absolute Gasteiger partial charge is 0.343 e. The molecule has 0 aliphatic carbocycles. The Morgan fingerprint density at radius 1 is 1.00 bits per heavy atom. The van der Waals surface area contributed by atoms with Crippen LogP contribution in [-0.2, 0) is 44.4 Å². The number of carbonyl (C=O) groups is 3. The summed E-state index contributed by atoms with van der Waals surface area (Å²) in [5, 5.41) is 35.8. The lowest BCUT2D eigenvalue weighted by molar-refractivity contribution is -0.172. The van der Waals surface area contributed by atoms with Crippen molar-refractivity contribution < 1.29 is 57.1 Å². The fraction of sp³-hybridized carbons (Fsp3) is 0.367. The monoisotopic (exact) mass is 1120 g/mol. The van der Waals surface area contributed by atoms with Gasteiger partial charge in [-0.2, -0.15) is 9.97 Å². The molecule has 420 valence electrons. The molecular weight excluding hydrogens is 1060 g/mol. The Morgan fingerprint density at radius 3 is 2.57 bits per heavy atom. The molecule has 4 aromatic heterocycles. The van der Waals surface area contributed by atoms with Crippen LogP contribution in [0.5, 0.6) is 17.5 Å². The predicted octanol–water partition coefficient (Wildman–Crippen LogP) is 5.58. The van der Waals surface area contributed by atoms with Crippen LogP contribution in [0, 0.1) is 24.0 Å². The van der Waals surface area contributed by atoms with Crippen LogP contribution in [0.1, 0.15) is 73.3 Å². The molecule has 6 aliphatic rings. The lowest BCUT2D eigenvalue weighted by Gasteiger charge is -2.42. The van der Waals surface area contributed by atoms with E-state index >= 15 is 8.78 Å². The second kappa shape index (κ2) is 19.8. The van der Waals surface area contributed by atoms with Crippen molar-refractivity contribution in [3.05, 3.63) is 117 Å². The third kappa shape index (κ3) is 8.37. The number of nitrogens with zero attached hydrogens (tertiary/aromatic N) is 8. The van der Waals surface area contributed by atoms with Crippen molar-refractivity contribution in [2.45, 2.75) is 94.5 Å². The third-order valence-corrected chi connectivity index (χ3v) is 17.4. The van der Waals surface area contributed by atoms with E-state index in [1.165, 1.54) is 35.0 Å². The quantitative estimate of drug-likeness (QED) is 0.0627. The molecule has 19 nitrogen and oxygen atoms in total. The number of halogens is 3. The molecule has 2 amide bonds. The molecule has 82 heavy (non-hydrogen) atoms. The maximum atomic E-state index is 17.4. The van der Waals surface area contributed by atoms with Crippen molar-refractivity contribution in [3.8, 4) is 52.5 Å². The first-order valence-electron chi connectivity index (χ1n) is 27.2. The van der Waals surface area contributed by atoms with Crippen molar-refractivity contribution in [1.29, 1.82) is 0 Å². The van der Waals surface area contributed by atoms with E-state index in [0.29, 0.717) is 69.6 Å². The Morgan fingerprint density at radius 2 is 1.80 bits per heavy atom. The molecule has 4 N–H and O–H groups in total. The number of amides is 2. The van der Waals surface area contributed by atoms with Crippen molar-refractivity contribution in [3.63, 3.8) is 0 Å². The number of nitrogens with one attached hydrogen (secondary N) is 1. The zero-order valence-corrected chi connectivity index (χ0v) is 44.4. The number of fused-ring (bicyclic) bond motifs is 10. The number of alkyl halides is 1. The first-order valence-corrected chi connectivity index (χ1v) is 27.2. The molecule has 10 heterocycles. The molecule has 6 aliphatic heterocycles. The van der Waals surface area contributed by atoms with Gasteiger partial charge in [-0.05, 0) is 92.1 Å². The van der Waals surface area contributed by atoms with Gasteiger partial charge in [0.1, 0.15) is 66.9 Å². The molecule has 0 spiro atoms. The highest BCUT2D eigenvalue weighted by atomic mass is 19.1. The molecule has 22 heteroatoms. The highest BCUT2D eigenvalue weighted by molar-refractivity contribution is 6.03. The van der Waals surface area contributed by atoms with Gasteiger partial charge >= 0.3 is 12.0 Å². The minimum Gasteiger partial charge on any atom is -0.508 e. The number of hydrogen-bond donors (Lipinski definition) is 4. The number of aromatic hydroxyl groups is 1. The highest BCUT2D eigenvalue weighted by Gasteiger charge is 2.50. The van der Waals surface area contributed by atoms with E-state index in [1.807, 2.05) is 4.90 Å². The zero-order chi connectivity index (χ0) is 57.1. The molecular formula is C60H54F3N9O10. The number of cyclic esters (lactones) is 1. The summed E-state index contributed by atoms with van der Waals surface area (Å²) in [5.74, 6) is -0.653. The molecule has 5 atom stereocenters. The minimum absolute atomic E-state index is 0.0328. The number of phenolic OH excluding ortho intramolecular Hbond substituents is 1. The van der Waals surface area contributed by atoms with Crippen LogP contribution in [0.15, 0.2) is 71.7 Å². The largest absolute Gasteiger partial charge is 0.508 e. The standard InChI is InChI=1S/C60H54F3N9O10/c1-4-37-45(62)11-7-31-15-35(74)16-39(49(31)37)52-50(63)53-41(21-65-52)54(68-58(67-53)82-29-59-13-6-14-70(59)22-32(61)19-59)69-23-33-8-9-34(24-69)72(33)55(76)30(3)27-80-36-10-12-46-38(17-36)40(20-64-48(75)26-73)42-25-71-47(51(42)66-46)18-44-43(56(71)77)28-81-57(78)60(44,79)5-2/h1,7,10-12,15-18,21,32-34,73-74,79H,3,5-6,8-9,13-14,19-20,22-29H2,2H3,(H,64,75)/t32-,33?,34?,59+,60+/m1/s1. The molecule has 0 saturated carbocycles. The lowest BCUT2D eigenvalue weighted by atomic mass is 9.86. The van der Waals surface area contributed by atoms with E-state index in [2.05, 4.69) is 32.7 Å². The number of rotatable bonds is 13. The fourth-order valence-electron chi connectivity index (χ4n) is 13.4.